The molecule has 2 aliphatic rings. The maximum Gasteiger partial charge on any atom is 0.123 e. The van der Waals surface area contributed by atoms with Gasteiger partial charge in [-0.15, -0.1) is 0 Å². The first-order chi connectivity index (χ1) is 6.27. The van der Waals surface area contributed by atoms with Gasteiger partial charge >= 0.3 is 0 Å². The van der Waals surface area contributed by atoms with E-state index in [2.05, 4.69) is 0 Å². The molecule has 0 bridgehead atoms. The molecule has 0 aliphatic carbocycles. The molecular weight excluding hydrogens is 168 g/mol. The summed E-state index contributed by atoms with van der Waals surface area (Å²) in [5, 5.41) is 0. The van der Waals surface area contributed by atoms with Crippen LogP contribution < -0.4 is 0 Å². The summed E-state index contributed by atoms with van der Waals surface area (Å²) < 4.78 is 11.3. The van der Waals surface area contributed by atoms with Crippen molar-refractivity contribution < 1.29 is 14.3 Å². The Hall–Kier alpha value is -0.410. The van der Waals surface area contributed by atoms with Gasteiger partial charge in [0.1, 0.15) is 6.29 Å². The van der Waals surface area contributed by atoms with Gasteiger partial charge in [-0.2, -0.15) is 0 Å². The van der Waals surface area contributed by atoms with Crippen molar-refractivity contribution in [2.45, 2.75) is 37.9 Å². The number of rotatable bonds is 1. The van der Waals surface area contributed by atoms with E-state index in [1.807, 2.05) is 6.92 Å². The van der Waals surface area contributed by atoms with Gasteiger partial charge in [-0.3, -0.25) is 0 Å². The van der Waals surface area contributed by atoms with Gasteiger partial charge in [-0.1, -0.05) is 0 Å². The van der Waals surface area contributed by atoms with Gasteiger partial charge in [0.05, 0.1) is 11.7 Å². The van der Waals surface area contributed by atoms with Crippen LogP contribution in [0.4, 0.5) is 0 Å². The summed E-state index contributed by atoms with van der Waals surface area (Å²) >= 11 is 0. The zero-order chi connectivity index (χ0) is 9.31. The minimum atomic E-state index is -0.149. The number of hydrogen-bond donors (Lipinski definition) is 0. The predicted octanol–water partition coefficient (Wildman–Crippen LogP) is 1.16. The Balaban J connectivity index is 2.08. The lowest BCUT2D eigenvalue weighted by molar-refractivity contribution is -0.138. The summed E-state index contributed by atoms with van der Waals surface area (Å²) in [5.74, 6) is 0.179. The fraction of sp³-hybridized carbons (Fsp3) is 0.900. The van der Waals surface area contributed by atoms with E-state index in [0.717, 1.165) is 32.2 Å². The molecule has 3 unspecified atom stereocenters. The lowest BCUT2D eigenvalue weighted by Gasteiger charge is -2.38. The minimum absolute atomic E-state index is 0.148. The van der Waals surface area contributed by atoms with Crippen LogP contribution in [0.1, 0.15) is 26.2 Å². The van der Waals surface area contributed by atoms with Crippen molar-refractivity contribution in [3.05, 3.63) is 0 Å². The third-order valence-electron chi connectivity index (χ3n) is 3.31. The summed E-state index contributed by atoms with van der Waals surface area (Å²) in [6.45, 7) is 3.52. The Kier molecular flexibility index (Phi) is 2.39. The van der Waals surface area contributed by atoms with Crippen LogP contribution in [0.5, 0.6) is 0 Å². The molecule has 3 nitrogen and oxygen atoms in total. The highest BCUT2D eigenvalue weighted by Gasteiger charge is 2.46. The Bertz CT molecular complexity index is 204. The highest BCUT2D eigenvalue weighted by Crippen LogP contribution is 2.39. The second kappa shape index (κ2) is 3.39. The van der Waals surface area contributed by atoms with Crippen LogP contribution >= 0.6 is 0 Å². The Morgan fingerprint density at radius 1 is 1.46 bits per heavy atom. The number of carbonyl (C=O) groups excluding carboxylic acids is 1. The average molecular weight is 184 g/mol. The van der Waals surface area contributed by atoms with Crippen molar-refractivity contribution in [3.63, 3.8) is 0 Å². The van der Waals surface area contributed by atoms with Crippen molar-refractivity contribution in [1.82, 2.24) is 0 Å². The molecule has 0 aromatic heterocycles. The van der Waals surface area contributed by atoms with E-state index in [0.29, 0.717) is 6.61 Å². The van der Waals surface area contributed by atoms with E-state index >= 15 is 0 Å². The third kappa shape index (κ3) is 1.51. The molecule has 0 aromatic carbocycles. The molecule has 0 saturated carbocycles. The van der Waals surface area contributed by atoms with Gasteiger partial charge in [0, 0.05) is 25.6 Å². The Morgan fingerprint density at radius 2 is 2.31 bits per heavy atom. The topological polar surface area (TPSA) is 35.5 Å². The standard InChI is InChI=1S/C10H16O3/c1-8-10(3-5-12-8)6-9(7-11)2-4-13-10/h7-9H,2-6H2,1H3. The van der Waals surface area contributed by atoms with Crippen molar-refractivity contribution in [2.75, 3.05) is 13.2 Å². The maximum atomic E-state index is 10.7. The van der Waals surface area contributed by atoms with Crippen LogP contribution in [0.15, 0.2) is 0 Å². The molecule has 0 aromatic rings. The van der Waals surface area contributed by atoms with Crippen molar-refractivity contribution in [2.24, 2.45) is 5.92 Å². The highest BCUT2D eigenvalue weighted by atomic mass is 16.6. The van der Waals surface area contributed by atoms with E-state index < -0.39 is 0 Å². The lowest BCUT2D eigenvalue weighted by atomic mass is 9.82. The van der Waals surface area contributed by atoms with Crippen LogP contribution in [-0.4, -0.2) is 31.2 Å². The van der Waals surface area contributed by atoms with E-state index in [9.17, 15) is 4.79 Å². The average Bonchev–Trinajstić information content (AvgIpc) is 2.48. The van der Waals surface area contributed by atoms with Gasteiger partial charge in [0.2, 0.25) is 0 Å². The van der Waals surface area contributed by atoms with Crippen LogP contribution in [0.25, 0.3) is 0 Å². The van der Waals surface area contributed by atoms with Crippen LogP contribution in [-0.2, 0) is 14.3 Å². The number of hydrogen-bond acceptors (Lipinski definition) is 3. The molecule has 0 N–H and O–H groups in total. The van der Waals surface area contributed by atoms with E-state index in [1.165, 1.54) is 0 Å². The summed E-state index contributed by atoms with van der Waals surface area (Å²) in [7, 11) is 0. The largest absolute Gasteiger partial charge is 0.375 e. The normalized spacial score (nSPS) is 45.3. The molecule has 0 amide bonds. The van der Waals surface area contributed by atoms with Gasteiger partial charge in [0.15, 0.2) is 0 Å². The molecule has 2 aliphatic heterocycles. The molecule has 2 rings (SSSR count). The van der Waals surface area contributed by atoms with Gasteiger partial charge in [-0.25, -0.2) is 0 Å². The predicted molar refractivity (Wildman–Crippen MR) is 47.5 cm³/mol. The maximum absolute atomic E-state index is 10.7. The van der Waals surface area contributed by atoms with Gasteiger partial charge in [0.25, 0.3) is 0 Å². The summed E-state index contributed by atoms with van der Waals surface area (Å²) in [4.78, 5) is 10.7. The summed E-state index contributed by atoms with van der Waals surface area (Å²) in [6, 6.07) is 0. The van der Waals surface area contributed by atoms with Crippen molar-refractivity contribution in [3.8, 4) is 0 Å². The zero-order valence-electron chi connectivity index (χ0n) is 7.99. The Morgan fingerprint density at radius 3 is 2.92 bits per heavy atom. The highest BCUT2D eigenvalue weighted by molar-refractivity contribution is 5.54. The molecule has 2 fully saturated rings. The van der Waals surface area contributed by atoms with E-state index in [4.69, 9.17) is 9.47 Å². The quantitative estimate of drug-likeness (QED) is 0.574. The van der Waals surface area contributed by atoms with Crippen molar-refractivity contribution >= 4 is 6.29 Å². The fourth-order valence-electron chi connectivity index (χ4n) is 2.36. The SMILES string of the molecule is CC1OCCC12CC(C=O)CCO2. The smallest absolute Gasteiger partial charge is 0.123 e. The summed E-state index contributed by atoms with van der Waals surface area (Å²) in [5.41, 5.74) is -0.149. The van der Waals surface area contributed by atoms with Crippen LogP contribution in [0.3, 0.4) is 0 Å². The number of aldehydes is 1. The minimum Gasteiger partial charge on any atom is -0.375 e. The molecule has 13 heavy (non-hydrogen) atoms. The van der Waals surface area contributed by atoms with E-state index in [-0.39, 0.29) is 17.6 Å². The fourth-order valence-corrected chi connectivity index (χ4v) is 2.36. The lowest BCUT2D eigenvalue weighted by Crippen LogP contribution is -2.45. The van der Waals surface area contributed by atoms with Gasteiger partial charge in [-0.05, 0) is 19.8 Å². The molecule has 74 valence electrons. The molecule has 2 saturated heterocycles. The zero-order valence-corrected chi connectivity index (χ0v) is 7.99. The third-order valence-corrected chi connectivity index (χ3v) is 3.31. The molecule has 3 heteroatoms. The second-order valence-corrected chi connectivity index (χ2v) is 4.07. The second-order valence-electron chi connectivity index (χ2n) is 4.07. The molecular formula is C10H16O3. The van der Waals surface area contributed by atoms with Crippen molar-refractivity contribution in [1.29, 1.82) is 0 Å². The summed E-state index contributed by atoms with van der Waals surface area (Å²) in [6.07, 6.45) is 3.87. The molecule has 0 radical (unpaired) electrons. The van der Waals surface area contributed by atoms with Crippen LogP contribution in [0, 0.1) is 5.92 Å². The molecule has 1 spiro atoms. The number of ether oxygens (including phenoxy) is 2. The first kappa shape index (κ1) is 9.16. The first-order valence-electron chi connectivity index (χ1n) is 4.98. The molecule has 3 atom stereocenters. The van der Waals surface area contributed by atoms with E-state index in [1.54, 1.807) is 0 Å². The Labute approximate surface area is 78.4 Å². The molecule has 2 heterocycles. The van der Waals surface area contributed by atoms with Crippen LogP contribution in [0.2, 0.25) is 0 Å². The number of carbonyl (C=O) groups is 1. The first-order valence-corrected chi connectivity index (χ1v) is 4.98. The monoisotopic (exact) mass is 184 g/mol. The van der Waals surface area contributed by atoms with Gasteiger partial charge < -0.3 is 14.3 Å².